The number of carbonyl (C=O) groups is 2. The first kappa shape index (κ1) is 19.0. The molecule has 0 saturated heterocycles. The van der Waals surface area contributed by atoms with E-state index in [4.69, 9.17) is 16.3 Å². The predicted molar refractivity (Wildman–Crippen MR) is 114 cm³/mol. The second-order valence-corrected chi connectivity index (χ2v) is 7.25. The predicted octanol–water partition coefficient (Wildman–Crippen LogP) is 5.90. The van der Waals surface area contributed by atoms with Crippen molar-refractivity contribution < 1.29 is 14.3 Å². The van der Waals surface area contributed by atoms with E-state index >= 15 is 0 Å². The summed E-state index contributed by atoms with van der Waals surface area (Å²) in [7, 11) is 0. The molecule has 0 bridgehead atoms. The van der Waals surface area contributed by atoms with E-state index in [-0.39, 0.29) is 11.8 Å². The van der Waals surface area contributed by atoms with Crippen LogP contribution in [0.25, 0.3) is 0 Å². The smallest absolute Gasteiger partial charge is 0.259 e. The van der Waals surface area contributed by atoms with Crippen molar-refractivity contribution in [3.63, 3.8) is 0 Å². The lowest BCUT2D eigenvalue weighted by atomic mass is 10.1. The largest absolute Gasteiger partial charge is 0.454 e. The quantitative estimate of drug-likeness (QED) is 0.566. The summed E-state index contributed by atoms with van der Waals surface area (Å²) in [4.78, 5) is 25.2. The molecule has 0 unspecified atom stereocenters. The second kappa shape index (κ2) is 7.97. The molecule has 3 aromatic rings. The van der Waals surface area contributed by atoms with Crippen LogP contribution in [0.3, 0.4) is 0 Å². The third-order valence-corrected chi connectivity index (χ3v) is 4.88. The van der Waals surface area contributed by atoms with Crippen molar-refractivity contribution in [2.24, 2.45) is 0 Å². The zero-order chi connectivity index (χ0) is 20.4. The zero-order valence-corrected chi connectivity index (χ0v) is 16.5. The van der Waals surface area contributed by atoms with Crippen molar-refractivity contribution in [3.8, 4) is 11.5 Å². The van der Waals surface area contributed by atoms with Crippen LogP contribution in [0.1, 0.15) is 39.6 Å². The molecule has 0 aliphatic carbocycles. The fourth-order valence-electron chi connectivity index (χ4n) is 3.19. The number of hydrogen-bond donors (Lipinski definition) is 2. The van der Waals surface area contributed by atoms with Gasteiger partial charge in [-0.25, -0.2) is 0 Å². The van der Waals surface area contributed by atoms with Crippen LogP contribution in [0.2, 0.25) is 5.02 Å². The van der Waals surface area contributed by atoms with E-state index in [1.54, 1.807) is 48.5 Å². The van der Waals surface area contributed by atoms with Crippen molar-refractivity contribution in [3.05, 3.63) is 82.4 Å². The highest BCUT2D eigenvalue weighted by Crippen LogP contribution is 2.37. The zero-order valence-electron chi connectivity index (χ0n) is 15.8. The Morgan fingerprint density at radius 1 is 1.03 bits per heavy atom. The van der Waals surface area contributed by atoms with E-state index in [1.165, 1.54) is 5.56 Å². The average molecular weight is 407 g/mol. The first-order valence-electron chi connectivity index (χ1n) is 9.36. The molecule has 1 heterocycles. The molecule has 5 nitrogen and oxygen atoms in total. The number of amides is 2. The lowest BCUT2D eigenvalue weighted by Gasteiger charge is -2.10. The second-order valence-electron chi connectivity index (χ2n) is 6.81. The van der Waals surface area contributed by atoms with E-state index in [2.05, 4.69) is 17.6 Å². The van der Waals surface area contributed by atoms with Crippen LogP contribution in [0.15, 0.2) is 60.7 Å². The molecule has 0 radical (unpaired) electrons. The molecule has 2 N–H and O–H groups in total. The minimum absolute atomic E-state index is 0.238. The van der Waals surface area contributed by atoms with Crippen LogP contribution in [0, 0.1) is 0 Å². The van der Waals surface area contributed by atoms with Gasteiger partial charge < -0.3 is 15.4 Å². The number of rotatable bonds is 4. The van der Waals surface area contributed by atoms with Gasteiger partial charge in [0.15, 0.2) is 5.75 Å². The number of ether oxygens (including phenoxy) is 1. The Morgan fingerprint density at radius 3 is 2.55 bits per heavy atom. The number of fused-ring (bicyclic) bond motifs is 2. The molecule has 0 aromatic heterocycles. The molecule has 29 heavy (non-hydrogen) atoms. The van der Waals surface area contributed by atoms with Gasteiger partial charge in [0.05, 0.1) is 11.3 Å². The van der Waals surface area contributed by atoms with Gasteiger partial charge in [0.2, 0.25) is 0 Å². The van der Waals surface area contributed by atoms with Gasteiger partial charge in [-0.2, -0.15) is 0 Å². The molecule has 0 spiro atoms. The Labute approximate surface area is 173 Å². The minimum atomic E-state index is -0.332. The van der Waals surface area contributed by atoms with Crippen molar-refractivity contribution in [1.82, 2.24) is 0 Å². The van der Waals surface area contributed by atoms with Gasteiger partial charge in [0, 0.05) is 16.3 Å². The monoisotopic (exact) mass is 406 g/mol. The molecule has 1 aliphatic heterocycles. The standard InChI is InChI=1S/C23H19ClN2O3/c1-2-3-14-4-6-15(7-5-14)22(27)25-17-9-11-20-18(13-17)23(28)26-19-12-16(24)8-10-21(19)29-20/h4-13H,2-3H2,1H3,(H,25,27)(H,26,28). The van der Waals surface area contributed by atoms with Crippen molar-refractivity contribution in [1.29, 1.82) is 0 Å². The highest BCUT2D eigenvalue weighted by molar-refractivity contribution is 6.31. The molecular formula is C23H19ClN2O3. The van der Waals surface area contributed by atoms with Crippen LogP contribution < -0.4 is 15.4 Å². The number of carbonyl (C=O) groups excluding carboxylic acids is 2. The number of nitrogens with one attached hydrogen (secondary N) is 2. The SMILES string of the molecule is CCCc1ccc(C(=O)Nc2ccc3c(c2)C(=O)Nc2cc(Cl)ccc2O3)cc1. The molecule has 0 atom stereocenters. The summed E-state index contributed by atoms with van der Waals surface area (Å²) in [6, 6.07) is 17.5. The minimum Gasteiger partial charge on any atom is -0.454 e. The summed E-state index contributed by atoms with van der Waals surface area (Å²) >= 11 is 6.00. The molecule has 4 rings (SSSR count). The topological polar surface area (TPSA) is 67.4 Å². The summed E-state index contributed by atoms with van der Waals surface area (Å²) in [6.07, 6.45) is 2.04. The van der Waals surface area contributed by atoms with E-state index < -0.39 is 0 Å². The van der Waals surface area contributed by atoms with Crippen molar-refractivity contribution in [2.75, 3.05) is 10.6 Å². The summed E-state index contributed by atoms with van der Waals surface area (Å²) in [5.41, 5.74) is 3.09. The molecule has 0 saturated carbocycles. The Morgan fingerprint density at radius 2 is 1.79 bits per heavy atom. The van der Waals surface area contributed by atoms with Crippen molar-refractivity contribution >= 4 is 34.8 Å². The first-order chi connectivity index (χ1) is 14.0. The van der Waals surface area contributed by atoms with Gasteiger partial charge in [-0.05, 0) is 60.5 Å². The Kier molecular flexibility index (Phi) is 5.23. The number of halogens is 1. The number of anilines is 2. The number of hydrogen-bond acceptors (Lipinski definition) is 3. The van der Waals surface area contributed by atoms with E-state index in [0.29, 0.717) is 39.0 Å². The van der Waals surface area contributed by atoms with Gasteiger partial charge in [0.25, 0.3) is 11.8 Å². The van der Waals surface area contributed by atoms with Gasteiger partial charge in [-0.15, -0.1) is 0 Å². The van der Waals surface area contributed by atoms with Crippen LogP contribution in [0.5, 0.6) is 11.5 Å². The number of aryl methyl sites for hydroxylation is 1. The summed E-state index contributed by atoms with van der Waals surface area (Å²) in [5, 5.41) is 6.12. The Bertz CT molecular complexity index is 1090. The van der Waals surface area contributed by atoms with Crippen LogP contribution in [-0.4, -0.2) is 11.8 Å². The summed E-state index contributed by atoms with van der Waals surface area (Å²) in [6.45, 7) is 2.12. The fourth-order valence-corrected chi connectivity index (χ4v) is 3.36. The third-order valence-electron chi connectivity index (χ3n) is 4.65. The van der Waals surface area contributed by atoms with Crippen LogP contribution in [0.4, 0.5) is 11.4 Å². The Balaban J connectivity index is 1.55. The lowest BCUT2D eigenvalue weighted by molar-refractivity contribution is 0.101. The maximum absolute atomic E-state index is 12.6. The van der Waals surface area contributed by atoms with E-state index in [1.807, 2.05) is 12.1 Å². The van der Waals surface area contributed by atoms with Crippen LogP contribution in [-0.2, 0) is 6.42 Å². The number of benzene rings is 3. The molecule has 3 aromatic carbocycles. The normalized spacial score (nSPS) is 12.1. The lowest BCUT2D eigenvalue weighted by Crippen LogP contribution is -2.14. The van der Waals surface area contributed by atoms with Gasteiger partial charge in [-0.1, -0.05) is 37.1 Å². The summed E-state index contributed by atoms with van der Waals surface area (Å²) in [5.74, 6) is 0.343. The van der Waals surface area contributed by atoms with Crippen LogP contribution >= 0.6 is 11.6 Å². The van der Waals surface area contributed by atoms with Gasteiger partial charge in [-0.3, -0.25) is 9.59 Å². The highest BCUT2D eigenvalue weighted by Gasteiger charge is 2.22. The molecule has 1 aliphatic rings. The van der Waals surface area contributed by atoms with Gasteiger partial charge >= 0.3 is 0 Å². The van der Waals surface area contributed by atoms with Crippen molar-refractivity contribution in [2.45, 2.75) is 19.8 Å². The summed E-state index contributed by atoms with van der Waals surface area (Å²) < 4.78 is 5.85. The molecule has 146 valence electrons. The van der Waals surface area contributed by atoms with E-state index in [9.17, 15) is 9.59 Å². The molecular weight excluding hydrogens is 388 g/mol. The van der Waals surface area contributed by atoms with E-state index in [0.717, 1.165) is 12.8 Å². The Hall–Kier alpha value is -3.31. The average Bonchev–Trinajstić information content (AvgIpc) is 2.84. The third kappa shape index (κ3) is 4.10. The maximum atomic E-state index is 12.6. The molecule has 6 heteroatoms. The molecule has 0 fully saturated rings. The first-order valence-corrected chi connectivity index (χ1v) is 9.74. The van der Waals surface area contributed by atoms with Gasteiger partial charge in [0.1, 0.15) is 5.75 Å². The highest BCUT2D eigenvalue weighted by atomic mass is 35.5. The maximum Gasteiger partial charge on any atom is 0.259 e. The fraction of sp³-hybridized carbons (Fsp3) is 0.130. The molecule has 2 amide bonds.